The van der Waals surface area contributed by atoms with Crippen molar-refractivity contribution in [1.82, 2.24) is 9.71 Å². The molecule has 3 aromatic carbocycles. The predicted molar refractivity (Wildman–Crippen MR) is 121 cm³/mol. The second kappa shape index (κ2) is 8.51. The lowest BCUT2D eigenvalue weighted by Gasteiger charge is -2.15. The SMILES string of the molecule is C[C@H](/C=C(\NS(=O)(=O)c1ccccn1)c1ccccc1)c1ccc2ccccc2c1. The Morgan fingerprint density at radius 1 is 0.867 bits per heavy atom. The van der Waals surface area contributed by atoms with E-state index in [4.69, 9.17) is 0 Å². The Balaban J connectivity index is 1.72. The van der Waals surface area contributed by atoms with Crippen LogP contribution >= 0.6 is 0 Å². The van der Waals surface area contributed by atoms with E-state index < -0.39 is 10.0 Å². The smallest absolute Gasteiger partial charge is 0.278 e. The summed E-state index contributed by atoms with van der Waals surface area (Å²) in [5.74, 6) is -0.00348. The van der Waals surface area contributed by atoms with Gasteiger partial charge >= 0.3 is 0 Å². The Hall–Kier alpha value is -3.44. The molecule has 0 spiro atoms. The molecule has 1 aromatic heterocycles. The third-order valence-corrected chi connectivity index (χ3v) is 6.24. The molecule has 0 aliphatic carbocycles. The Morgan fingerprint density at radius 2 is 1.57 bits per heavy atom. The van der Waals surface area contributed by atoms with Crippen LogP contribution in [0.5, 0.6) is 0 Å². The van der Waals surface area contributed by atoms with Gasteiger partial charge in [0.05, 0.1) is 5.70 Å². The molecule has 0 fully saturated rings. The molecule has 4 nitrogen and oxygen atoms in total. The summed E-state index contributed by atoms with van der Waals surface area (Å²) in [5.41, 5.74) is 2.44. The molecule has 1 N–H and O–H groups in total. The van der Waals surface area contributed by atoms with Crippen LogP contribution in [-0.4, -0.2) is 13.4 Å². The average molecular weight is 415 g/mol. The maximum absolute atomic E-state index is 12.9. The first-order chi connectivity index (χ1) is 14.5. The Bertz CT molecular complexity index is 1280. The van der Waals surface area contributed by atoms with Crippen LogP contribution in [0.1, 0.15) is 24.0 Å². The molecule has 0 saturated heterocycles. The van der Waals surface area contributed by atoms with E-state index in [0.29, 0.717) is 5.70 Å². The molecule has 30 heavy (non-hydrogen) atoms. The molecule has 5 heteroatoms. The fourth-order valence-corrected chi connectivity index (χ4v) is 4.38. The Labute approximate surface area is 177 Å². The summed E-state index contributed by atoms with van der Waals surface area (Å²) in [5, 5.41) is 2.33. The summed E-state index contributed by atoms with van der Waals surface area (Å²) in [4.78, 5) is 3.99. The number of nitrogens with zero attached hydrogens (tertiary/aromatic N) is 1. The molecule has 0 aliphatic rings. The van der Waals surface area contributed by atoms with Crippen LogP contribution in [0, 0.1) is 0 Å². The summed E-state index contributed by atoms with van der Waals surface area (Å²) in [6.07, 6.45) is 3.41. The second-order valence-corrected chi connectivity index (χ2v) is 8.74. The number of allylic oxidation sites excluding steroid dienone is 1. The maximum Gasteiger partial charge on any atom is 0.279 e. The molecule has 0 bridgehead atoms. The highest BCUT2D eigenvalue weighted by Crippen LogP contribution is 2.26. The van der Waals surface area contributed by atoms with E-state index in [-0.39, 0.29) is 10.9 Å². The van der Waals surface area contributed by atoms with Crippen molar-refractivity contribution in [3.8, 4) is 0 Å². The van der Waals surface area contributed by atoms with Crippen molar-refractivity contribution in [1.29, 1.82) is 0 Å². The average Bonchev–Trinajstić information content (AvgIpc) is 2.79. The Kier molecular flexibility index (Phi) is 5.63. The van der Waals surface area contributed by atoms with Crippen molar-refractivity contribution in [2.24, 2.45) is 0 Å². The van der Waals surface area contributed by atoms with Crippen molar-refractivity contribution < 1.29 is 8.42 Å². The van der Waals surface area contributed by atoms with E-state index in [1.54, 1.807) is 12.1 Å². The van der Waals surface area contributed by atoms with Crippen LogP contribution in [0.4, 0.5) is 0 Å². The van der Waals surface area contributed by atoms with E-state index in [9.17, 15) is 8.42 Å². The highest BCUT2D eigenvalue weighted by Gasteiger charge is 2.18. The van der Waals surface area contributed by atoms with E-state index in [1.165, 1.54) is 17.6 Å². The maximum atomic E-state index is 12.9. The van der Waals surface area contributed by atoms with Gasteiger partial charge in [0.15, 0.2) is 5.03 Å². The molecule has 1 atom stereocenters. The number of aromatic nitrogens is 1. The lowest BCUT2D eigenvalue weighted by Crippen LogP contribution is -2.23. The number of pyridine rings is 1. The van der Waals surface area contributed by atoms with Gasteiger partial charge in [-0.25, -0.2) is 4.98 Å². The minimum atomic E-state index is -3.80. The first-order valence-corrected chi connectivity index (χ1v) is 11.2. The molecule has 1 heterocycles. The van der Waals surface area contributed by atoms with Gasteiger partial charge in [-0.15, -0.1) is 0 Å². The topological polar surface area (TPSA) is 59.1 Å². The number of hydrogen-bond acceptors (Lipinski definition) is 3. The molecule has 0 unspecified atom stereocenters. The monoisotopic (exact) mass is 414 g/mol. The lowest BCUT2D eigenvalue weighted by atomic mass is 9.96. The molecule has 0 amide bonds. The summed E-state index contributed by atoms with van der Waals surface area (Å²) in [6, 6.07) is 28.8. The van der Waals surface area contributed by atoms with Gasteiger partial charge in [-0.05, 0) is 34.0 Å². The highest BCUT2D eigenvalue weighted by molar-refractivity contribution is 7.89. The van der Waals surface area contributed by atoms with Crippen LogP contribution in [0.15, 0.2) is 108 Å². The van der Waals surface area contributed by atoms with Gasteiger partial charge in [0.25, 0.3) is 10.0 Å². The number of rotatable bonds is 6. The summed E-state index contributed by atoms with van der Waals surface area (Å²) in [7, 11) is -3.80. The van der Waals surface area contributed by atoms with Gasteiger partial charge in [0, 0.05) is 12.1 Å². The van der Waals surface area contributed by atoms with Crippen LogP contribution in [0.2, 0.25) is 0 Å². The van der Waals surface area contributed by atoms with Gasteiger partial charge in [-0.3, -0.25) is 4.72 Å². The molecular weight excluding hydrogens is 392 g/mol. The second-order valence-electron chi connectivity index (χ2n) is 7.12. The number of hydrogen-bond donors (Lipinski definition) is 1. The van der Waals surface area contributed by atoms with Crippen LogP contribution in [0.3, 0.4) is 0 Å². The van der Waals surface area contributed by atoms with Gasteiger partial charge in [-0.1, -0.05) is 91.9 Å². The quantitative estimate of drug-likeness (QED) is 0.462. The molecule has 4 aromatic rings. The van der Waals surface area contributed by atoms with Gasteiger partial charge in [-0.2, -0.15) is 8.42 Å². The minimum absolute atomic E-state index is 0.00348. The zero-order chi connectivity index (χ0) is 21.0. The highest BCUT2D eigenvalue weighted by atomic mass is 32.2. The van der Waals surface area contributed by atoms with Crippen molar-refractivity contribution >= 4 is 26.5 Å². The predicted octanol–water partition coefficient (Wildman–Crippen LogP) is 5.36. The Morgan fingerprint density at radius 3 is 2.30 bits per heavy atom. The first-order valence-electron chi connectivity index (χ1n) is 9.73. The van der Waals surface area contributed by atoms with E-state index in [0.717, 1.165) is 16.5 Å². The lowest BCUT2D eigenvalue weighted by molar-refractivity contribution is 0.587. The first kappa shape index (κ1) is 19.9. The van der Waals surface area contributed by atoms with Crippen molar-refractivity contribution in [2.75, 3.05) is 0 Å². The zero-order valence-electron chi connectivity index (χ0n) is 16.6. The molecule has 0 radical (unpaired) electrons. The molecule has 4 rings (SSSR count). The normalized spacial score (nSPS) is 13.2. The van der Waals surface area contributed by atoms with Crippen LogP contribution < -0.4 is 4.72 Å². The van der Waals surface area contributed by atoms with Gasteiger partial charge in [0.1, 0.15) is 0 Å². The van der Waals surface area contributed by atoms with Crippen LogP contribution in [-0.2, 0) is 10.0 Å². The van der Waals surface area contributed by atoms with E-state index >= 15 is 0 Å². The number of sulfonamides is 1. The molecule has 0 aliphatic heterocycles. The summed E-state index contributed by atoms with van der Waals surface area (Å²) < 4.78 is 28.5. The molecular formula is C25H22N2O2S. The van der Waals surface area contributed by atoms with E-state index in [1.807, 2.05) is 48.5 Å². The largest absolute Gasteiger partial charge is 0.279 e. The molecule has 0 saturated carbocycles. The fourth-order valence-electron chi connectivity index (χ4n) is 3.35. The third kappa shape index (κ3) is 4.42. The number of nitrogens with one attached hydrogen (secondary N) is 1. The summed E-state index contributed by atoms with van der Waals surface area (Å²) >= 11 is 0. The van der Waals surface area contributed by atoms with Gasteiger partial charge in [0.2, 0.25) is 0 Å². The fraction of sp³-hybridized carbons (Fsp3) is 0.0800. The molecule has 150 valence electrons. The van der Waals surface area contributed by atoms with Gasteiger partial charge < -0.3 is 0 Å². The third-order valence-electron chi connectivity index (χ3n) is 4.96. The van der Waals surface area contributed by atoms with Crippen molar-refractivity contribution in [2.45, 2.75) is 17.9 Å². The van der Waals surface area contributed by atoms with E-state index in [2.05, 4.69) is 47.0 Å². The standard InChI is InChI=1S/C25H22N2O2S/c1-19(22-15-14-20-9-5-6-12-23(20)18-22)17-24(21-10-3-2-4-11-21)27-30(28,29)25-13-7-8-16-26-25/h2-19,27H,1H3/b24-17-/t19-/m1/s1. The number of benzene rings is 3. The van der Waals surface area contributed by atoms with Crippen LogP contribution in [0.25, 0.3) is 16.5 Å². The minimum Gasteiger partial charge on any atom is -0.278 e. The zero-order valence-corrected chi connectivity index (χ0v) is 17.4. The number of fused-ring (bicyclic) bond motifs is 1. The van der Waals surface area contributed by atoms with Crippen molar-refractivity contribution in [3.63, 3.8) is 0 Å². The van der Waals surface area contributed by atoms with Crippen molar-refractivity contribution in [3.05, 3.63) is 114 Å². The summed E-state index contributed by atoms with van der Waals surface area (Å²) in [6.45, 7) is 2.06.